The second-order valence-electron chi connectivity index (χ2n) is 18.5. The Balaban J connectivity index is 2.25. The highest BCUT2D eigenvalue weighted by Crippen LogP contribution is 2.50. The summed E-state index contributed by atoms with van der Waals surface area (Å²) in [5.74, 6) is -4.39. The summed E-state index contributed by atoms with van der Waals surface area (Å²) in [7, 11) is -11.4. The van der Waals surface area contributed by atoms with Crippen molar-refractivity contribution in [3.8, 4) is 0 Å². The van der Waals surface area contributed by atoms with Gasteiger partial charge in [-0.2, -0.15) is 0 Å². The first-order valence-electron chi connectivity index (χ1n) is 25.4. The van der Waals surface area contributed by atoms with E-state index in [0.717, 1.165) is 63.9 Å². The lowest BCUT2D eigenvalue weighted by molar-refractivity contribution is -0.166. The summed E-state index contributed by atoms with van der Waals surface area (Å²) in [4.78, 5) is 56.8. The van der Waals surface area contributed by atoms with E-state index in [0.29, 0.717) is 32.1 Å². The Morgan fingerprint density at radius 2 is 1.40 bits per heavy atom. The van der Waals surface area contributed by atoms with Gasteiger partial charge in [-0.15, -0.1) is 0 Å². The van der Waals surface area contributed by atoms with E-state index in [1.165, 1.54) is 25.3 Å². The largest absolute Gasteiger partial charge is 0.472 e. The lowest BCUT2D eigenvalue weighted by atomic mass is 9.82. The molecule has 0 aromatic heterocycles. The van der Waals surface area contributed by atoms with Crippen molar-refractivity contribution in [3.63, 3.8) is 0 Å². The van der Waals surface area contributed by atoms with Gasteiger partial charge in [0.2, 0.25) is 0 Å². The van der Waals surface area contributed by atoms with Crippen molar-refractivity contribution in [3.05, 3.63) is 48.6 Å². The van der Waals surface area contributed by atoms with Crippen LogP contribution in [0.15, 0.2) is 48.6 Å². The lowest BCUT2D eigenvalue weighted by Gasteiger charge is -2.39. The minimum Gasteiger partial charge on any atom is -0.462 e. The Morgan fingerprint density at radius 1 is 0.786 bits per heavy atom. The van der Waals surface area contributed by atoms with Crippen molar-refractivity contribution in [1.82, 2.24) is 0 Å². The molecule has 0 aromatic carbocycles. The van der Waals surface area contributed by atoms with Crippen molar-refractivity contribution in [2.24, 2.45) is 11.8 Å². The molecule has 2 rings (SSSR count). The molecule has 2 bridgehead atoms. The molecule has 19 nitrogen and oxygen atoms in total. The lowest BCUT2D eigenvalue weighted by Crippen LogP contribution is -2.56. The van der Waals surface area contributed by atoms with E-state index in [-0.39, 0.29) is 32.1 Å². The summed E-state index contributed by atoms with van der Waals surface area (Å²) in [6, 6.07) is 0. The van der Waals surface area contributed by atoms with Crippen molar-refractivity contribution in [2.45, 2.75) is 223 Å². The standard InChI is InChI=1S/C49H86O19P2/c1-3-5-7-8-9-10-11-12-13-14-15-16-17-18-19-20-25-29-42(53)64-34-37-35-65-70(62,63)68-49-47(58)46(57)44(55)38(28-24-21-22-26-30-43(54)66-37)40(51)33-41(52)39(32-31-36(50)27-23-6-4-2)45(56)48(49)67-69(59,60)61/h9-10,12-13,15-16,31-32,36-41,44-52,55-58H,3-8,11,14,17-30,33-35H2,1-2H3,(H,62,63)(H2,59,60,61)/b10-9-,13-12-,16-15-,32-31?/t36-,37+,38-,39-,40-,41+,44+,45+,46-,47+,48+,49-/m0/s1. The van der Waals surface area contributed by atoms with Gasteiger partial charge in [-0.1, -0.05) is 127 Å². The number of rotatable bonds is 25. The van der Waals surface area contributed by atoms with Crippen molar-refractivity contribution >= 4 is 27.6 Å². The van der Waals surface area contributed by atoms with Crippen LogP contribution >= 0.6 is 15.6 Å². The van der Waals surface area contributed by atoms with E-state index in [9.17, 15) is 69.1 Å². The number of unbranched alkanes of at least 4 members (excludes halogenated alkanes) is 9. The number of ether oxygens (including phenoxy) is 2. The monoisotopic (exact) mass is 1040 g/mol. The van der Waals surface area contributed by atoms with Crippen LogP contribution in [0.4, 0.5) is 0 Å². The number of aliphatic hydroxyl groups excluding tert-OH is 7. The molecular formula is C49H86O19P2. The number of allylic oxidation sites excluding steroid dienone is 6. The molecule has 13 atom stereocenters. The molecule has 1 saturated heterocycles. The van der Waals surface area contributed by atoms with Crippen LogP contribution in [-0.2, 0) is 41.8 Å². The van der Waals surface area contributed by atoms with Crippen LogP contribution in [0.5, 0.6) is 0 Å². The highest BCUT2D eigenvalue weighted by atomic mass is 31.2. The second kappa shape index (κ2) is 35.9. The first kappa shape index (κ1) is 64.0. The average molecular weight is 1040 g/mol. The molecule has 406 valence electrons. The number of aliphatic hydroxyl groups is 7. The predicted octanol–water partition coefficient (Wildman–Crippen LogP) is 6.44. The third kappa shape index (κ3) is 27.2. The van der Waals surface area contributed by atoms with Crippen LogP contribution < -0.4 is 0 Å². The van der Waals surface area contributed by atoms with E-state index in [1.807, 2.05) is 6.92 Å². The zero-order valence-corrected chi connectivity index (χ0v) is 43.1. The Hall–Kier alpha value is -2.16. The molecule has 0 aromatic rings. The predicted molar refractivity (Wildman–Crippen MR) is 262 cm³/mol. The second-order valence-corrected chi connectivity index (χ2v) is 21.1. The quantitative estimate of drug-likeness (QED) is 0.0203. The minimum absolute atomic E-state index is 0.0290. The van der Waals surface area contributed by atoms with E-state index in [2.05, 4.69) is 43.4 Å². The number of carbonyl (C=O) groups excluding carboxylic acids is 2. The SMILES string of the molecule is CCCCC/C=C\C/C=C\C/C=C\CCCCCCC(=O)OC[C@@H]1COP(=O)(O)O[C@H]2[C@H](O)[C@@H](O)[C@H](O)[C@@H](CCCCCCC(=O)O1)[C@@H](O)C[C@@H](O)[C@H](C=C[C@@H](O)CCCCC)[C@@H](O)[C@H]2OP(=O)(O)O. The summed E-state index contributed by atoms with van der Waals surface area (Å²) < 4.78 is 52.3. The Morgan fingerprint density at radius 3 is 2.06 bits per heavy atom. The number of phosphoric acid groups is 2. The summed E-state index contributed by atoms with van der Waals surface area (Å²) in [5, 5.41) is 79.8. The van der Waals surface area contributed by atoms with Gasteiger partial charge in [-0.05, 0) is 64.2 Å². The van der Waals surface area contributed by atoms with Crippen LogP contribution in [0.3, 0.4) is 0 Å². The summed E-state index contributed by atoms with van der Waals surface area (Å²) >= 11 is 0. The molecular weight excluding hydrogens is 954 g/mol. The van der Waals surface area contributed by atoms with Crippen LogP contribution in [0, 0.1) is 11.8 Å². The number of esters is 2. The third-order valence-electron chi connectivity index (χ3n) is 12.5. The van der Waals surface area contributed by atoms with Gasteiger partial charge in [-0.3, -0.25) is 23.2 Å². The van der Waals surface area contributed by atoms with Crippen LogP contribution in [0.1, 0.15) is 162 Å². The Bertz CT molecular complexity index is 1650. The first-order valence-corrected chi connectivity index (χ1v) is 28.5. The molecule has 1 unspecified atom stereocenters. The number of cyclic esters (lactones) is 1. The zero-order chi connectivity index (χ0) is 52.0. The molecule has 1 heterocycles. The normalized spacial score (nSPS) is 31.3. The van der Waals surface area contributed by atoms with Gasteiger partial charge in [0, 0.05) is 31.1 Å². The van der Waals surface area contributed by atoms with Gasteiger partial charge in [0.25, 0.3) is 0 Å². The summed E-state index contributed by atoms with van der Waals surface area (Å²) in [5.41, 5.74) is 0. The molecule has 21 heteroatoms. The van der Waals surface area contributed by atoms with E-state index in [4.69, 9.17) is 23.0 Å². The molecule has 1 aliphatic carbocycles. The number of phosphoric ester groups is 2. The maximum atomic E-state index is 13.7. The van der Waals surface area contributed by atoms with Gasteiger partial charge in [0.05, 0.1) is 37.1 Å². The van der Waals surface area contributed by atoms with Crippen LogP contribution in [0.2, 0.25) is 0 Å². The highest BCUT2D eigenvalue weighted by molar-refractivity contribution is 7.47. The topological polar surface area (TPSA) is 317 Å². The fourth-order valence-corrected chi connectivity index (χ4v) is 9.94. The number of hydrogen-bond donors (Lipinski definition) is 10. The molecule has 0 amide bonds. The molecule has 1 aliphatic heterocycles. The highest BCUT2D eigenvalue weighted by Gasteiger charge is 2.51. The summed E-state index contributed by atoms with van der Waals surface area (Å²) in [6.45, 7) is 2.56. The summed E-state index contributed by atoms with van der Waals surface area (Å²) in [6.07, 6.45) is 8.37. The molecule has 1 saturated carbocycles. The smallest absolute Gasteiger partial charge is 0.462 e. The van der Waals surface area contributed by atoms with Crippen molar-refractivity contribution in [1.29, 1.82) is 0 Å². The van der Waals surface area contributed by atoms with Gasteiger partial charge in [0.15, 0.2) is 6.10 Å². The average Bonchev–Trinajstić information content (AvgIpc) is 3.30. The van der Waals surface area contributed by atoms with E-state index < -0.39 is 120 Å². The van der Waals surface area contributed by atoms with Crippen LogP contribution in [-0.4, -0.2) is 137 Å². The Kier molecular flexibility index (Phi) is 32.8. The number of hydrogen-bond acceptors (Lipinski definition) is 16. The minimum atomic E-state index is -5.76. The fourth-order valence-electron chi connectivity index (χ4n) is 8.42. The van der Waals surface area contributed by atoms with Crippen LogP contribution in [0.25, 0.3) is 0 Å². The zero-order valence-electron chi connectivity index (χ0n) is 41.3. The third-order valence-corrected chi connectivity index (χ3v) is 14.0. The van der Waals surface area contributed by atoms with Gasteiger partial charge in [-0.25, -0.2) is 9.13 Å². The molecule has 70 heavy (non-hydrogen) atoms. The maximum absolute atomic E-state index is 13.7. The fraction of sp³-hybridized carbons (Fsp3) is 0.796. The molecule has 2 aliphatic rings. The van der Waals surface area contributed by atoms with Gasteiger partial charge in [0.1, 0.15) is 31.0 Å². The van der Waals surface area contributed by atoms with E-state index in [1.54, 1.807) is 0 Å². The van der Waals surface area contributed by atoms with E-state index >= 15 is 0 Å². The first-order chi connectivity index (χ1) is 33.3. The number of fused-ring (bicyclic) bond motifs is 4. The molecule has 10 N–H and O–H groups in total. The molecule has 0 spiro atoms. The van der Waals surface area contributed by atoms with Gasteiger partial charge < -0.3 is 59.9 Å². The van der Waals surface area contributed by atoms with Gasteiger partial charge >= 0.3 is 27.6 Å². The number of carbonyl (C=O) groups is 2. The Labute approximate surface area is 414 Å². The maximum Gasteiger partial charge on any atom is 0.472 e. The molecule has 0 radical (unpaired) electrons. The molecule has 2 fully saturated rings. The van der Waals surface area contributed by atoms with Crippen molar-refractivity contribution in [2.75, 3.05) is 13.2 Å². The van der Waals surface area contributed by atoms with Crippen molar-refractivity contribution < 1.29 is 92.2 Å².